The van der Waals surface area contributed by atoms with E-state index in [1.54, 1.807) is 22.7 Å². The van der Waals surface area contributed by atoms with Crippen LogP contribution in [0, 0.1) is 27.7 Å². The summed E-state index contributed by atoms with van der Waals surface area (Å²) in [7, 11) is 0. The van der Waals surface area contributed by atoms with Crippen LogP contribution >= 0.6 is 22.7 Å². The lowest BCUT2D eigenvalue weighted by Crippen LogP contribution is -2.36. The third kappa shape index (κ3) is 4.51. The molecule has 22 heavy (non-hydrogen) atoms. The van der Waals surface area contributed by atoms with Crippen LogP contribution in [0.5, 0.6) is 0 Å². The van der Waals surface area contributed by atoms with Gasteiger partial charge in [0, 0.05) is 16.3 Å². The van der Waals surface area contributed by atoms with E-state index >= 15 is 0 Å². The minimum atomic E-state index is 0.602. The first-order valence-electron chi connectivity index (χ1n) is 7.37. The number of aromatic nitrogens is 2. The Morgan fingerprint density at radius 3 is 2.05 bits per heavy atom. The van der Waals surface area contributed by atoms with Crippen molar-refractivity contribution in [2.45, 2.75) is 47.7 Å². The van der Waals surface area contributed by atoms with E-state index < -0.39 is 0 Å². The maximum absolute atomic E-state index is 4.60. The number of rotatable bonds is 5. The van der Waals surface area contributed by atoms with E-state index in [1.807, 2.05) is 13.8 Å². The molecule has 2 N–H and O–H groups in total. The van der Waals surface area contributed by atoms with Crippen molar-refractivity contribution in [2.75, 3.05) is 6.54 Å². The van der Waals surface area contributed by atoms with Crippen molar-refractivity contribution < 1.29 is 0 Å². The molecular formula is C15H23N5S2. The van der Waals surface area contributed by atoms with Crippen LogP contribution in [0.3, 0.4) is 0 Å². The van der Waals surface area contributed by atoms with Gasteiger partial charge in [-0.3, -0.25) is 0 Å². The van der Waals surface area contributed by atoms with Crippen molar-refractivity contribution >= 4 is 28.6 Å². The fraction of sp³-hybridized carbons (Fsp3) is 0.533. The minimum Gasteiger partial charge on any atom is -0.357 e. The number of aryl methyl sites for hydroxylation is 4. The Bertz CT molecular complexity index is 618. The molecule has 0 aliphatic rings. The maximum atomic E-state index is 4.60. The van der Waals surface area contributed by atoms with Gasteiger partial charge in [-0.15, -0.1) is 22.7 Å². The molecule has 0 unspecified atom stereocenters. The average Bonchev–Trinajstić information content (AvgIpc) is 2.96. The number of hydrogen-bond donors (Lipinski definition) is 2. The summed E-state index contributed by atoms with van der Waals surface area (Å²) in [6.07, 6.45) is 0. The normalized spacial score (nSPS) is 11.8. The molecule has 2 rings (SSSR count). The van der Waals surface area contributed by atoms with Crippen LogP contribution in [0.1, 0.15) is 38.1 Å². The van der Waals surface area contributed by atoms with Crippen LogP contribution in [0.15, 0.2) is 4.99 Å². The van der Waals surface area contributed by atoms with Crippen LogP contribution in [-0.4, -0.2) is 22.5 Å². The molecule has 0 bridgehead atoms. The summed E-state index contributed by atoms with van der Waals surface area (Å²) in [5.41, 5.74) is 2.21. The molecule has 2 aromatic heterocycles. The number of hydrogen-bond acceptors (Lipinski definition) is 5. The van der Waals surface area contributed by atoms with Gasteiger partial charge in [-0.2, -0.15) is 0 Å². The molecule has 2 aromatic rings. The lowest BCUT2D eigenvalue weighted by Gasteiger charge is -2.09. The molecule has 7 heteroatoms. The van der Waals surface area contributed by atoms with Crippen molar-refractivity contribution in [3.63, 3.8) is 0 Å². The Balaban J connectivity index is 1.97. The fourth-order valence-electron chi connectivity index (χ4n) is 1.87. The maximum Gasteiger partial charge on any atom is 0.192 e. The quantitative estimate of drug-likeness (QED) is 0.650. The van der Waals surface area contributed by atoms with Gasteiger partial charge in [0.25, 0.3) is 0 Å². The van der Waals surface area contributed by atoms with Crippen LogP contribution in [0.2, 0.25) is 0 Å². The van der Waals surface area contributed by atoms with Crippen LogP contribution < -0.4 is 10.6 Å². The molecule has 0 aliphatic heterocycles. The molecule has 0 fully saturated rings. The highest BCUT2D eigenvalue weighted by molar-refractivity contribution is 7.11. The lowest BCUT2D eigenvalue weighted by molar-refractivity contribution is 0.808. The topological polar surface area (TPSA) is 62.2 Å². The van der Waals surface area contributed by atoms with Crippen LogP contribution in [0.4, 0.5) is 0 Å². The van der Waals surface area contributed by atoms with E-state index in [1.165, 1.54) is 9.75 Å². The molecule has 0 spiro atoms. The predicted molar refractivity (Wildman–Crippen MR) is 94.8 cm³/mol. The van der Waals surface area contributed by atoms with Gasteiger partial charge in [0.05, 0.1) is 24.5 Å². The Kier molecular flexibility index (Phi) is 5.90. The zero-order chi connectivity index (χ0) is 16.1. The zero-order valence-electron chi connectivity index (χ0n) is 13.8. The second-order valence-corrected chi connectivity index (χ2v) is 7.62. The monoisotopic (exact) mass is 337 g/mol. The van der Waals surface area contributed by atoms with E-state index in [9.17, 15) is 0 Å². The summed E-state index contributed by atoms with van der Waals surface area (Å²) in [6, 6.07) is 0. The lowest BCUT2D eigenvalue weighted by atomic mass is 10.4. The molecule has 0 saturated carbocycles. The predicted octanol–water partition coefficient (Wildman–Crippen LogP) is 3.09. The van der Waals surface area contributed by atoms with Crippen molar-refractivity contribution in [2.24, 2.45) is 4.99 Å². The van der Waals surface area contributed by atoms with E-state index in [-0.39, 0.29) is 0 Å². The third-order valence-corrected chi connectivity index (χ3v) is 5.40. The van der Waals surface area contributed by atoms with Crippen LogP contribution in [-0.2, 0) is 13.1 Å². The Morgan fingerprint density at radius 2 is 1.55 bits per heavy atom. The number of aliphatic imine (C=N–C) groups is 1. The highest BCUT2D eigenvalue weighted by Gasteiger charge is 2.06. The van der Waals surface area contributed by atoms with Gasteiger partial charge in [0.1, 0.15) is 10.0 Å². The molecule has 5 nitrogen and oxygen atoms in total. The summed E-state index contributed by atoms with van der Waals surface area (Å²) in [5.74, 6) is 0.804. The van der Waals surface area contributed by atoms with Gasteiger partial charge in [0.2, 0.25) is 0 Å². The Morgan fingerprint density at radius 1 is 0.955 bits per heavy atom. The van der Waals surface area contributed by atoms with Crippen molar-refractivity contribution in [3.05, 3.63) is 31.2 Å². The largest absolute Gasteiger partial charge is 0.357 e. The first kappa shape index (κ1) is 16.9. The van der Waals surface area contributed by atoms with E-state index in [4.69, 9.17) is 0 Å². The summed E-state index contributed by atoms with van der Waals surface area (Å²) in [5, 5.41) is 8.73. The Hall–Kier alpha value is -1.47. The van der Waals surface area contributed by atoms with E-state index in [2.05, 4.69) is 46.4 Å². The van der Waals surface area contributed by atoms with Crippen LogP contribution in [0.25, 0.3) is 0 Å². The second-order valence-electron chi connectivity index (χ2n) is 5.05. The standard InChI is InChI=1S/C15H23N5S2/c1-6-16-15(17-7-13-19-9(2)11(4)21-13)18-8-14-20-10(3)12(5)22-14/h6-8H2,1-5H3,(H2,16,17,18). The molecule has 0 radical (unpaired) electrons. The summed E-state index contributed by atoms with van der Waals surface area (Å²) in [6.45, 7) is 12.5. The van der Waals surface area contributed by atoms with Gasteiger partial charge in [-0.1, -0.05) is 0 Å². The Labute approximate surface area is 139 Å². The smallest absolute Gasteiger partial charge is 0.192 e. The number of nitrogens with zero attached hydrogens (tertiary/aromatic N) is 3. The zero-order valence-corrected chi connectivity index (χ0v) is 15.4. The summed E-state index contributed by atoms with van der Waals surface area (Å²) >= 11 is 3.44. The SMILES string of the molecule is CCNC(=NCc1nc(C)c(C)s1)NCc1nc(C)c(C)s1. The van der Waals surface area contributed by atoms with Crippen molar-refractivity contribution in [3.8, 4) is 0 Å². The van der Waals surface area contributed by atoms with Crippen molar-refractivity contribution in [1.29, 1.82) is 0 Å². The molecule has 120 valence electrons. The number of guanidine groups is 1. The molecule has 0 aliphatic carbocycles. The van der Waals surface area contributed by atoms with Gasteiger partial charge in [-0.05, 0) is 34.6 Å². The molecule has 0 aromatic carbocycles. The molecular weight excluding hydrogens is 314 g/mol. The third-order valence-electron chi connectivity index (χ3n) is 3.27. The fourth-order valence-corrected chi connectivity index (χ4v) is 3.60. The second kappa shape index (κ2) is 7.69. The van der Waals surface area contributed by atoms with Gasteiger partial charge < -0.3 is 10.6 Å². The van der Waals surface area contributed by atoms with Gasteiger partial charge in [-0.25, -0.2) is 15.0 Å². The van der Waals surface area contributed by atoms with Gasteiger partial charge in [0.15, 0.2) is 5.96 Å². The highest BCUT2D eigenvalue weighted by Crippen LogP contribution is 2.17. The number of nitrogens with one attached hydrogen (secondary N) is 2. The average molecular weight is 338 g/mol. The van der Waals surface area contributed by atoms with Gasteiger partial charge >= 0.3 is 0 Å². The minimum absolute atomic E-state index is 0.602. The first-order valence-corrected chi connectivity index (χ1v) is 9.01. The number of thiazole rings is 2. The molecule has 0 amide bonds. The molecule has 0 atom stereocenters. The summed E-state index contributed by atoms with van der Waals surface area (Å²) in [4.78, 5) is 16.2. The summed E-state index contributed by atoms with van der Waals surface area (Å²) < 4.78 is 0. The molecule has 2 heterocycles. The van der Waals surface area contributed by atoms with E-state index in [0.29, 0.717) is 13.1 Å². The highest BCUT2D eigenvalue weighted by atomic mass is 32.1. The molecule has 0 saturated heterocycles. The first-order chi connectivity index (χ1) is 10.5. The van der Waals surface area contributed by atoms with Crippen molar-refractivity contribution in [1.82, 2.24) is 20.6 Å². The van der Waals surface area contributed by atoms with E-state index in [0.717, 1.165) is 33.9 Å².